The molecule has 1 aromatic rings. The predicted molar refractivity (Wildman–Crippen MR) is 79.2 cm³/mol. The number of amides is 1. The number of hydrogen-bond donors (Lipinski definition) is 4. The molecule has 0 fully saturated rings. The first-order chi connectivity index (χ1) is 9.17. The van der Waals surface area contributed by atoms with Gasteiger partial charge >= 0.3 is 0 Å². The summed E-state index contributed by atoms with van der Waals surface area (Å²) >= 11 is 0. The van der Waals surface area contributed by atoms with Crippen LogP contribution in [-0.4, -0.2) is 20.4 Å². The van der Waals surface area contributed by atoms with E-state index in [-0.39, 0.29) is 11.6 Å². The van der Waals surface area contributed by atoms with Crippen LogP contribution in [0.2, 0.25) is 0 Å². The molecule has 6 N–H and O–H groups in total. The van der Waals surface area contributed by atoms with E-state index < -0.39 is 16.3 Å². The van der Waals surface area contributed by atoms with E-state index in [1.54, 1.807) is 12.1 Å². The van der Waals surface area contributed by atoms with Gasteiger partial charge in [0.15, 0.2) is 0 Å². The highest BCUT2D eigenvalue weighted by molar-refractivity contribution is 7.90. The molecule has 20 heavy (non-hydrogen) atoms. The lowest BCUT2D eigenvalue weighted by Crippen LogP contribution is -2.36. The van der Waals surface area contributed by atoms with Crippen molar-refractivity contribution in [3.05, 3.63) is 24.3 Å². The van der Waals surface area contributed by atoms with Crippen molar-refractivity contribution in [2.45, 2.75) is 26.3 Å². The molecule has 0 saturated heterocycles. The first-order valence-corrected chi connectivity index (χ1v) is 7.69. The fraction of sp³-hybridized carbons (Fsp3) is 0.417. The minimum Gasteiger partial charge on any atom is -0.325 e. The van der Waals surface area contributed by atoms with Crippen molar-refractivity contribution in [3.8, 4) is 0 Å². The van der Waals surface area contributed by atoms with E-state index in [0.29, 0.717) is 18.0 Å². The summed E-state index contributed by atoms with van der Waals surface area (Å²) in [6, 6.07) is 5.61. The molecular formula is C12H20N4O3S. The van der Waals surface area contributed by atoms with Crippen molar-refractivity contribution < 1.29 is 13.2 Å². The molecule has 0 radical (unpaired) electrons. The van der Waals surface area contributed by atoms with Crippen molar-refractivity contribution in [1.29, 1.82) is 0 Å². The Morgan fingerprint density at radius 1 is 1.30 bits per heavy atom. The first-order valence-electron chi connectivity index (χ1n) is 6.14. The van der Waals surface area contributed by atoms with Gasteiger partial charge in [0, 0.05) is 5.69 Å². The quantitative estimate of drug-likeness (QED) is 0.613. The third-order valence-corrected chi connectivity index (χ3v) is 2.97. The Kier molecular flexibility index (Phi) is 5.49. The van der Waals surface area contributed by atoms with E-state index in [1.807, 2.05) is 13.8 Å². The Morgan fingerprint density at radius 3 is 2.45 bits per heavy atom. The number of benzene rings is 1. The second-order valence-corrected chi connectivity index (χ2v) is 6.25. The Labute approximate surface area is 118 Å². The Bertz CT molecular complexity index is 572. The maximum Gasteiger partial charge on any atom is 0.296 e. The summed E-state index contributed by atoms with van der Waals surface area (Å²) in [5, 5.41) is 7.51. The number of hydrogen-bond acceptors (Lipinski definition) is 4. The van der Waals surface area contributed by atoms with Gasteiger partial charge in [-0.25, -0.2) is 5.14 Å². The molecule has 0 heterocycles. The van der Waals surface area contributed by atoms with Gasteiger partial charge in [0.1, 0.15) is 0 Å². The van der Waals surface area contributed by atoms with Gasteiger partial charge in [-0.05, 0) is 30.5 Å². The molecule has 0 spiro atoms. The van der Waals surface area contributed by atoms with Crippen LogP contribution < -0.4 is 20.9 Å². The van der Waals surface area contributed by atoms with Crippen molar-refractivity contribution in [2.75, 3.05) is 10.0 Å². The van der Waals surface area contributed by atoms with Crippen molar-refractivity contribution in [2.24, 2.45) is 16.8 Å². The van der Waals surface area contributed by atoms with Crippen LogP contribution in [0.3, 0.4) is 0 Å². The molecule has 1 aromatic carbocycles. The number of carbonyl (C=O) groups is 1. The molecule has 7 nitrogen and oxygen atoms in total. The van der Waals surface area contributed by atoms with Crippen LogP contribution in [0, 0.1) is 5.92 Å². The monoisotopic (exact) mass is 300 g/mol. The zero-order valence-corrected chi connectivity index (χ0v) is 12.3. The maximum absolute atomic E-state index is 11.8. The molecule has 1 rings (SSSR count). The maximum atomic E-state index is 11.8. The van der Waals surface area contributed by atoms with Gasteiger partial charge in [-0.15, -0.1) is 0 Å². The van der Waals surface area contributed by atoms with Crippen molar-refractivity contribution >= 4 is 27.5 Å². The zero-order valence-electron chi connectivity index (χ0n) is 11.5. The fourth-order valence-corrected chi connectivity index (χ4v) is 2.13. The highest BCUT2D eigenvalue weighted by Gasteiger charge is 2.15. The summed E-state index contributed by atoms with van der Waals surface area (Å²) < 4.78 is 24.0. The Balaban J connectivity index is 2.73. The highest BCUT2D eigenvalue weighted by atomic mass is 32.2. The molecule has 8 heteroatoms. The summed E-state index contributed by atoms with van der Waals surface area (Å²) in [7, 11) is -3.84. The molecule has 0 unspecified atom stereocenters. The van der Waals surface area contributed by atoms with Gasteiger partial charge in [-0.1, -0.05) is 19.9 Å². The van der Waals surface area contributed by atoms with E-state index >= 15 is 0 Å². The molecule has 0 bridgehead atoms. The van der Waals surface area contributed by atoms with Crippen LogP contribution in [-0.2, 0) is 15.0 Å². The molecule has 112 valence electrons. The van der Waals surface area contributed by atoms with Crippen LogP contribution in [0.4, 0.5) is 11.4 Å². The van der Waals surface area contributed by atoms with E-state index in [9.17, 15) is 13.2 Å². The molecule has 0 aliphatic rings. The minimum absolute atomic E-state index is 0.266. The lowest BCUT2D eigenvalue weighted by Gasteiger charge is -2.14. The summed E-state index contributed by atoms with van der Waals surface area (Å²) in [5.74, 6) is -0.00223. The van der Waals surface area contributed by atoms with Crippen LogP contribution in [0.1, 0.15) is 20.3 Å². The average Bonchev–Trinajstić information content (AvgIpc) is 2.25. The lowest BCUT2D eigenvalue weighted by molar-refractivity contribution is -0.117. The van der Waals surface area contributed by atoms with E-state index in [0.717, 1.165) is 0 Å². The number of rotatable bonds is 6. The third-order valence-electron chi connectivity index (χ3n) is 2.45. The summed E-state index contributed by atoms with van der Waals surface area (Å²) in [4.78, 5) is 11.8. The number of carbonyl (C=O) groups excluding carboxylic acids is 1. The van der Waals surface area contributed by atoms with Crippen LogP contribution >= 0.6 is 0 Å². The topological polar surface area (TPSA) is 127 Å². The van der Waals surface area contributed by atoms with E-state index in [1.165, 1.54) is 12.1 Å². The normalized spacial score (nSPS) is 13.1. The standard InChI is InChI=1S/C12H20N4O3S/c1-8(2)6-11(13)12(17)15-9-4-3-5-10(7-9)16-20(14,18)19/h3-5,7-8,11,16H,6,13H2,1-2H3,(H,15,17)(H2,14,18,19)/t11-/m0/s1. The SMILES string of the molecule is CC(C)C[C@H](N)C(=O)Nc1cccc(NS(N)(=O)=O)c1. The second-order valence-electron chi connectivity index (χ2n) is 4.95. The van der Waals surface area contributed by atoms with Gasteiger partial charge in [-0.2, -0.15) is 8.42 Å². The Morgan fingerprint density at radius 2 is 1.90 bits per heavy atom. The third kappa shape index (κ3) is 6.00. The molecular weight excluding hydrogens is 280 g/mol. The van der Waals surface area contributed by atoms with E-state index in [4.69, 9.17) is 10.9 Å². The van der Waals surface area contributed by atoms with Gasteiger partial charge in [0.05, 0.1) is 11.7 Å². The summed E-state index contributed by atoms with van der Waals surface area (Å²) in [5.41, 5.74) is 6.48. The fourth-order valence-electron chi connectivity index (χ4n) is 1.67. The molecule has 1 atom stereocenters. The molecule has 0 aliphatic carbocycles. The second kappa shape index (κ2) is 6.69. The molecule has 1 amide bonds. The lowest BCUT2D eigenvalue weighted by atomic mass is 10.0. The average molecular weight is 300 g/mol. The van der Waals surface area contributed by atoms with Crippen molar-refractivity contribution in [1.82, 2.24) is 0 Å². The number of anilines is 2. The molecule has 0 aliphatic heterocycles. The zero-order chi connectivity index (χ0) is 15.3. The largest absolute Gasteiger partial charge is 0.325 e. The molecule has 0 saturated carbocycles. The van der Waals surface area contributed by atoms with Crippen LogP contribution in [0.5, 0.6) is 0 Å². The van der Waals surface area contributed by atoms with Crippen LogP contribution in [0.25, 0.3) is 0 Å². The first kappa shape index (κ1) is 16.4. The molecule has 0 aromatic heterocycles. The van der Waals surface area contributed by atoms with Crippen molar-refractivity contribution in [3.63, 3.8) is 0 Å². The van der Waals surface area contributed by atoms with Gasteiger partial charge in [-0.3, -0.25) is 9.52 Å². The Hall–Kier alpha value is -1.64. The van der Waals surface area contributed by atoms with E-state index in [2.05, 4.69) is 10.0 Å². The van der Waals surface area contributed by atoms with Gasteiger partial charge in [0.25, 0.3) is 10.2 Å². The smallest absolute Gasteiger partial charge is 0.296 e. The van der Waals surface area contributed by atoms with Gasteiger partial charge in [0.2, 0.25) is 5.91 Å². The summed E-state index contributed by atoms with van der Waals surface area (Å²) in [6.07, 6.45) is 0.570. The summed E-state index contributed by atoms with van der Waals surface area (Å²) in [6.45, 7) is 3.95. The highest BCUT2D eigenvalue weighted by Crippen LogP contribution is 2.16. The number of nitrogens with one attached hydrogen (secondary N) is 2. The van der Waals surface area contributed by atoms with Crippen LogP contribution in [0.15, 0.2) is 24.3 Å². The minimum atomic E-state index is -3.84. The predicted octanol–water partition coefficient (Wildman–Crippen LogP) is 0.614. The number of nitrogens with two attached hydrogens (primary N) is 2. The van der Waals surface area contributed by atoms with Gasteiger partial charge < -0.3 is 11.1 Å².